The van der Waals surface area contributed by atoms with Gasteiger partial charge in [-0.25, -0.2) is 13.1 Å². The number of aromatic nitrogens is 1. The van der Waals surface area contributed by atoms with Gasteiger partial charge >= 0.3 is 0 Å². The van der Waals surface area contributed by atoms with Crippen LogP contribution in [0, 0.1) is 0 Å². The molecular weight excluding hydrogens is 306 g/mol. The minimum atomic E-state index is -3.40. The van der Waals surface area contributed by atoms with Gasteiger partial charge in [-0.2, -0.15) is 11.8 Å². The van der Waals surface area contributed by atoms with Crippen molar-refractivity contribution < 1.29 is 8.42 Å². The normalized spacial score (nSPS) is 15.8. The van der Waals surface area contributed by atoms with Crippen LogP contribution in [-0.4, -0.2) is 37.6 Å². The number of rotatable bonds is 9. The van der Waals surface area contributed by atoms with Gasteiger partial charge in [-0.15, -0.1) is 0 Å². The Morgan fingerprint density at radius 1 is 1.43 bits per heavy atom. The minimum absolute atomic E-state index is 0.246. The van der Waals surface area contributed by atoms with E-state index in [4.69, 9.17) is 0 Å². The van der Waals surface area contributed by atoms with Crippen molar-refractivity contribution in [3.8, 4) is 0 Å². The molecule has 120 valence electrons. The highest BCUT2D eigenvalue weighted by Crippen LogP contribution is 2.22. The van der Waals surface area contributed by atoms with E-state index in [9.17, 15) is 8.42 Å². The van der Waals surface area contributed by atoms with Gasteiger partial charge in [-0.3, -0.25) is 0 Å². The molecule has 21 heavy (non-hydrogen) atoms. The molecule has 2 N–H and O–H groups in total. The van der Waals surface area contributed by atoms with Crippen molar-refractivity contribution in [2.75, 3.05) is 18.6 Å². The molecular formula is C14H25N3O2S2. The van der Waals surface area contributed by atoms with E-state index in [0.717, 1.165) is 18.0 Å². The van der Waals surface area contributed by atoms with Crippen LogP contribution in [0.25, 0.3) is 0 Å². The zero-order valence-corrected chi connectivity index (χ0v) is 14.6. The molecule has 1 aromatic heterocycles. The molecule has 0 amide bonds. The fraction of sp³-hybridized carbons (Fsp3) is 0.714. The van der Waals surface area contributed by atoms with Gasteiger partial charge in [0, 0.05) is 42.8 Å². The van der Waals surface area contributed by atoms with E-state index in [1.165, 1.54) is 12.8 Å². The molecule has 0 bridgehead atoms. The summed E-state index contributed by atoms with van der Waals surface area (Å²) in [6.45, 7) is 5.32. The third-order valence-corrected chi connectivity index (χ3v) is 5.56. The molecule has 0 saturated heterocycles. The van der Waals surface area contributed by atoms with Crippen LogP contribution >= 0.6 is 11.8 Å². The first-order valence-electron chi connectivity index (χ1n) is 7.37. The molecule has 1 heterocycles. The number of sulfonamides is 1. The molecule has 7 heteroatoms. The molecule has 1 aliphatic rings. The van der Waals surface area contributed by atoms with Crippen LogP contribution < -0.4 is 10.0 Å². The topological polar surface area (TPSA) is 63.1 Å². The summed E-state index contributed by atoms with van der Waals surface area (Å²) in [4.78, 5) is 0.366. The molecule has 2 rings (SSSR count). The zero-order valence-electron chi connectivity index (χ0n) is 12.9. The Bertz CT molecular complexity index is 563. The summed E-state index contributed by atoms with van der Waals surface area (Å²) in [5.74, 6) is 0.778. The maximum Gasteiger partial charge on any atom is 0.242 e. The highest BCUT2D eigenvalue weighted by atomic mass is 32.2. The predicted molar refractivity (Wildman–Crippen MR) is 88.2 cm³/mol. The molecule has 0 aliphatic heterocycles. The summed E-state index contributed by atoms with van der Waals surface area (Å²) in [6, 6.07) is 2.65. The van der Waals surface area contributed by atoms with Crippen LogP contribution in [-0.2, 0) is 16.6 Å². The van der Waals surface area contributed by atoms with E-state index in [1.54, 1.807) is 24.0 Å². The molecule has 0 radical (unpaired) electrons. The summed E-state index contributed by atoms with van der Waals surface area (Å²) in [6.07, 6.45) is 6.16. The Morgan fingerprint density at radius 2 is 2.14 bits per heavy atom. The van der Waals surface area contributed by atoms with E-state index < -0.39 is 10.0 Å². The second-order valence-electron chi connectivity index (χ2n) is 5.71. The first-order valence-corrected chi connectivity index (χ1v) is 10.2. The lowest BCUT2D eigenvalue weighted by atomic mass is 10.3. The summed E-state index contributed by atoms with van der Waals surface area (Å²) < 4.78 is 29.3. The van der Waals surface area contributed by atoms with Crippen molar-refractivity contribution in [2.24, 2.45) is 0 Å². The van der Waals surface area contributed by atoms with Crippen molar-refractivity contribution in [3.05, 3.63) is 18.0 Å². The minimum Gasteiger partial charge on any atom is -0.346 e. The maximum absolute atomic E-state index is 12.3. The SMILES string of the molecule is CSCCNS(=O)(=O)c1cc(CNC2CC2)n(C(C)C)c1. The molecule has 1 aromatic rings. The number of nitrogens with zero attached hydrogens (tertiary/aromatic N) is 1. The fourth-order valence-corrected chi connectivity index (χ4v) is 3.68. The summed E-state index contributed by atoms with van der Waals surface area (Å²) >= 11 is 1.63. The summed E-state index contributed by atoms with van der Waals surface area (Å²) in [7, 11) is -3.40. The smallest absolute Gasteiger partial charge is 0.242 e. The number of nitrogens with one attached hydrogen (secondary N) is 2. The fourth-order valence-electron chi connectivity index (χ4n) is 2.16. The third kappa shape index (κ3) is 4.74. The number of hydrogen-bond donors (Lipinski definition) is 2. The van der Waals surface area contributed by atoms with E-state index in [-0.39, 0.29) is 6.04 Å². The lowest BCUT2D eigenvalue weighted by Gasteiger charge is -2.13. The molecule has 0 unspecified atom stereocenters. The van der Waals surface area contributed by atoms with Gasteiger partial charge in [0.15, 0.2) is 0 Å². The van der Waals surface area contributed by atoms with Crippen molar-refractivity contribution in [1.82, 2.24) is 14.6 Å². The monoisotopic (exact) mass is 331 g/mol. The maximum atomic E-state index is 12.3. The number of hydrogen-bond acceptors (Lipinski definition) is 4. The van der Waals surface area contributed by atoms with Crippen molar-refractivity contribution in [3.63, 3.8) is 0 Å². The van der Waals surface area contributed by atoms with Crippen LogP contribution in [0.3, 0.4) is 0 Å². The lowest BCUT2D eigenvalue weighted by molar-refractivity contribution is 0.549. The molecule has 0 aromatic carbocycles. The Balaban J connectivity index is 2.12. The Labute approximate surface area is 131 Å². The molecule has 0 spiro atoms. The van der Waals surface area contributed by atoms with E-state index >= 15 is 0 Å². The van der Waals surface area contributed by atoms with Crippen LogP contribution in [0.4, 0.5) is 0 Å². The van der Waals surface area contributed by atoms with Gasteiger partial charge in [0.2, 0.25) is 10.0 Å². The van der Waals surface area contributed by atoms with Gasteiger partial charge in [0.1, 0.15) is 0 Å². The molecule has 1 saturated carbocycles. The first-order chi connectivity index (χ1) is 9.94. The predicted octanol–water partition coefficient (Wildman–Crippen LogP) is 1.96. The number of thioether (sulfide) groups is 1. The Kier molecular flexibility index (Phi) is 5.76. The average molecular weight is 332 g/mol. The van der Waals surface area contributed by atoms with Crippen LogP contribution in [0.1, 0.15) is 38.4 Å². The largest absolute Gasteiger partial charge is 0.346 e. The molecule has 1 fully saturated rings. The van der Waals surface area contributed by atoms with Gasteiger partial charge in [-0.05, 0) is 39.0 Å². The highest BCUT2D eigenvalue weighted by Gasteiger charge is 2.23. The summed E-state index contributed by atoms with van der Waals surface area (Å²) in [5.41, 5.74) is 1.03. The van der Waals surface area contributed by atoms with Crippen LogP contribution in [0.5, 0.6) is 0 Å². The van der Waals surface area contributed by atoms with Crippen molar-refractivity contribution in [2.45, 2.75) is 50.2 Å². The highest BCUT2D eigenvalue weighted by molar-refractivity contribution is 7.98. The molecule has 5 nitrogen and oxygen atoms in total. The van der Waals surface area contributed by atoms with Gasteiger partial charge in [0.25, 0.3) is 0 Å². The van der Waals surface area contributed by atoms with Gasteiger partial charge < -0.3 is 9.88 Å². The Hall–Kier alpha value is -0.500. The van der Waals surface area contributed by atoms with Gasteiger partial charge in [-0.1, -0.05) is 0 Å². The van der Waals surface area contributed by atoms with E-state index in [1.807, 2.05) is 10.8 Å². The Morgan fingerprint density at radius 3 is 2.71 bits per heavy atom. The first kappa shape index (κ1) is 16.9. The second kappa shape index (κ2) is 7.17. The third-order valence-electron chi connectivity index (χ3n) is 3.52. The van der Waals surface area contributed by atoms with Crippen LogP contribution in [0.2, 0.25) is 0 Å². The van der Waals surface area contributed by atoms with E-state index in [2.05, 4.69) is 23.9 Å². The zero-order chi connectivity index (χ0) is 15.5. The summed E-state index contributed by atoms with van der Waals surface area (Å²) in [5, 5.41) is 3.45. The molecule has 0 atom stereocenters. The second-order valence-corrected chi connectivity index (χ2v) is 8.47. The lowest BCUT2D eigenvalue weighted by Crippen LogP contribution is -2.25. The van der Waals surface area contributed by atoms with Crippen LogP contribution in [0.15, 0.2) is 17.2 Å². The van der Waals surface area contributed by atoms with Gasteiger partial charge in [0.05, 0.1) is 4.90 Å². The van der Waals surface area contributed by atoms with Crippen molar-refractivity contribution >= 4 is 21.8 Å². The molecule has 1 aliphatic carbocycles. The van der Waals surface area contributed by atoms with E-state index in [0.29, 0.717) is 17.5 Å². The average Bonchev–Trinajstić information content (AvgIpc) is 3.13. The quantitative estimate of drug-likeness (QED) is 0.679. The standard InChI is InChI=1S/C14H25N3O2S2/c1-11(2)17-10-14(21(18,19)16-6-7-20-3)8-13(17)9-15-12-4-5-12/h8,10-12,15-16H,4-7,9H2,1-3H3. The van der Waals surface area contributed by atoms with Crippen molar-refractivity contribution in [1.29, 1.82) is 0 Å².